The number of tetrazole rings is 1. The number of amides is 2. The van der Waals surface area contributed by atoms with Crippen molar-refractivity contribution < 1.29 is 30.0 Å². The molecule has 5 aromatic rings. The Bertz CT molecular complexity index is 1890. The number of pyridine rings is 1. The molecule has 262 valence electrons. The van der Waals surface area contributed by atoms with Crippen molar-refractivity contribution in [3.8, 4) is 0 Å². The van der Waals surface area contributed by atoms with Gasteiger partial charge in [0.05, 0.1) is 44.0 Å². The van der Waals surface area contributed by atoms with Crippen LogP contribution in [-0.2, 0) is 17.7 Å². The van der Waals surface area contributed by atoms with Crippen LogP contribution in [0, 0.1) is 0 Å². The maximum atomic E-state index is 12.7. The van der Waals surface area contributed by atoms with E-state index in [9.17, 15) is 25.2 Å². The van der Waals surface area contributed by atoms with E-state index in [-0.39, 0.29) is 37.7 Å². The second-order valence-corrected chi connectivity index (χ2v) is 12.1. The fourth-order valence-corrected chi connectivity index (χ4v) is 6.09. The van der Waals surface area contributed by atoms with Gasteiger partial charge in [-0.25, -0.2) is 9.78 Å². The molecule has 0 saturated carbocycles. The molecule has 50 heavy (non-hydrogen) atoms. The molecule has 2 fully saturated rings. The molecule has 1 aromatic carbocycles. The van der Waals surface area contributed by atoms with Crippen LogP contribution in [0.25, 0.3) is 11.2 Å². The van der Waals surface area contributed by atoms with Crippen LogP contribution < -0.4 is 20.9 Å². The zero-order valence-corrected chi connectivity index (χ0v) is 26.8. The molecule has 6 heterocycles. The predicted octanol–water partition coefficient (Wildman–Crippen LogP) is -0.392. The molecule has 19 nitrogen and oxygen atoms in total. The quantitative estimate of drug-likeness (QED) is 0.0883. The van der Waals surface area contributed by atoms with E-state index < -0.39 is 30.6 Å². The first-order valence-electron chi connectivity index (χ1n) is 16.2. The number of imidazole rings is 1. The van der Waals surface area contributed by atoms with Crippen LogP contribution in [0.3, 0.4) is 0 Å². The molecule has 2 saturated heterocycles. The van der Waals surface area contributed by atoms with E-state index in [2.05, 4.69) is 41.3 Å². The number of aromatic nitrogens is 9. The van der Waals surface area contributed by atoms with Crippen LogP contribution in [0.15, 0.2) is 61.2 Å². The van der Waals surface area contributed by atoms with E-state index in [1.807, 2.05) is 35.2 Å². The lowest BCUT2D eigenvalue weighted by atomic mass is 10.1. The predicted molar refractivity (Wildman–Crippen MR) is 177 cm³/mol. The summed E-state index contributed by atoms with van der Waals surface area (Å²) in [6, 6.07) is 12.2. The summed E-state index contributed by atoms with van der Waals surface area (Å²) in [6.07, 6.45) is 0.669. The van der Waals surface area contributed by atoms with Crippen molar-refractivity contribution in [2.75, 3.05) is 41.8 Å². The highest BCUT2D eigenvalue weighted by molar-refractivity contribution is 5.89. The minimum absolute atomic E-state index is 0.0458. The normalized spacial score (nSPS) is 22.6. The van der Waals surface area contributed by atoms with Crippen LogP contribution in [-0.4, -0.2) is 122 Å². The molecule has 2 aliphatic rings. The first kappa shape index (κ1) is 33.2. The average molecular weight is 688 g/mol. The van der Waals surface area contributed by atoms with Gasteiger partial charge in [0.15, 0.2) is 29.3 Å². The molecular weight excluding hydrogens is 650 g/mol. The Morgan fingerprint density at radius 2 is 1.94 bits per heavy atom. The fraction of sp³-hybridized carbons (Fsp3) is 0.419. The van der Waals surface area contributed by atoms with Gasteiger partial charge in [0.2, 0.25) is 11.8 Å². The number of rotatable bonds is 12. The molecule has 0 unspecified atom stereocenters. The fourth-order valence-electron chi connectivity index (χ4n) is 6.09. The van der Waals surface area contributed by atoms with Gasteiger partial charge in [-0.1, -0.05) is 30.3 Å². The smallest absolute Gasteiger partial charge is 0.319 e. The second kappa shape index (κ2) is 14.6. The van der Waals surface area contributed by atoms with Crippen molar-refractivity contribution >= 4 is 34.6 Å². The van der Waals surface area contributed by atoms with Gasteiger partial charge in [-0.3, -0.25) is 9.55 Å². The first-order chi connectivity index (χ1) is 24.4. The van der Waals surface area contributed by atoms with E-state index in [0.717, 1.165) is 5.56 Å². The first-order valence-corrected chi connectivity index (χ1v) is 16.2. The maximum absolute atomic E-state index is 12.7. The summed E-state index contributed by atoms with van der Waals surface area (Å²) in [5.74, 6) is 0.723. The van der Waals surface area contributed by atoms with Gasteiger partial charge in [0.1, 0.15) is 12.2 Å². The van der Waals surface area contributed by atoms with Gasteiger partial charge in [0, 0.05) is 25.3 Å². The van der Waals surface area contributed by atoms with Gasteiger partial charge in [0.25, 0.3) is 0 Å². The Hall–Kier alpha value is -5.34. The van der Waals surface area contributed by atoms with Gasteiger partial charge in [-0.15, -0.1) is 10.2 Å². The summed E-state index contributed by atoms with van der Waals surface area (Å²) in [7, 11) is 0. The summed E-state index contributed by atoms with van der Waals surface area (Å²) in [6.45, 7) is 0.642. The van der Waals surface area contributed by atoms with Gasteiger partial charge < -0.3 is 46.0 Å². The monoisotopic (exact) mass is 687 g/mol. The molecule has 0 radical (unpaired) electrons. The van der Waals surface area contributed by atoms with E-state index in [1.165, 1.54) is 15.7 Å². The third-order valence-electron chi connectivity index (χ3n) is 8.56. The summed E-state index contributed by atoms with van der Waals surface area (Å²) in [4.78, 5) is 34.0. The summed E-state index contributed by atoms with van der Waals surface area (Å²) < 4.78 is 7.61. The topological polar surface area (TPSA) is 247 Å². The van der Waals surface area contributed by atoms with Gasteiger partial charge >= 0.3 is 6.03 Å². The van der Waals surface area contributed by atoms with E-state index in [1.54, 1.807) is 24.5 Å². The number of nitrogens with one attached hydrogen (secondary N) is 3. The molecule has 2 aliphatic heterocycles. The number of nitrogens with zero attached hydrogens (tertiary/aromatic N) is 10. The van der Waals surface area contributed by atoms with Gasteiger partial charge in [-0.2, -0.15) is 14.8 Å². The average Bonchev–Trinajstić information content (AvgIpc) is 3.93. The van der Waals surface area contributed by atoms with Crippen LogP contribution in [0.4, 0.5) is 22.2 Å². The number of carbonyl (C=O) groups excluding carboxylic acids is 1. The largest absolute Gasteiger partial charge is 0.394 e. The molecule has 2 amide bonds. The molecular formula is C31H37N13O6. The maximum Gasteiger partial charge on any atom is 0.319 e. The minimum Gasteiger partial charge on any atom is -0.394 e. The number of aliphatic hydroxyl groups is 4. The molecule has 0 bridgehead atoms. The third-order valence-corrected chi connectivity index (χ3v) is 8.56. The summed E-state index contributed by atoms with van der Waals surface area (Å²) >= 11 is 0. The Kier molecular flexibility index (Phi) is 9.72. The Balaban J connectivity index is 1.17. The van der Waals surface area contributed by atoms with Crippen LogP contribution in [0.5, 0.6) is 0 Å². The zero-order chi connectivity index (χ0) is 34.6. The number of benzene rings is 1. The summed E-state index contributed by atoms with van der Waals surface area (Å²) in [5, 5.41) is 62.7. The molecule has 0 spiro atoms. The highest BCUT2D eigenvalue weighted by atomic mass is 16.6. The van der Waals surface area contributed by atoms with E-state index >= 15 is 0 Å². The van der Waals surface area contributed by atoms with Crippen molar-refractivity contribution in [3.63, 3.8) is 0 Å². The molecule has 7 rings (SSSR count). The Labute approximate surface area is 285 Å². The van der Waals surface area contributed by atoms with Crippen molar-refractivity contribution in [2.24, 2.45) is 0 Å². The Morgan fingerprint density at radius 3 is 2.72 bits per heavy atom. The number of aliphatic hydroxyl groups excluding tert-OH is 4. The van der Waals surface area contributed by atoms with Crippen molar-refractivity contribution in [1.82, 2.24) is 50.0 Å². The van der Waals surface area contributed by atoms with E-state index in [0.29, 0.717) is 54.5 Å². The molecule has 6 atom stereocenters. The number of anilines is 3. The lowest BCUT2D eigenvalue weighted by Gasteiger charge is -2.22. The third kappa shape index (κ3) is 7.03. The number of fused-ring (bicyclic) bond motifs is 1. The number of ether oxygens (including phenoxy) is 1. The number of urea groups is 1. The second-order valence-electron chi connectivity index (χ2n) is 12.1. The van der Waals surface area contributed by atoms with Crippen LogP contribution in [0.2, 0.25) is 0 Å². The Morgan fingerprint density at radius 1 is 1.08 bits per heavy atom. The molecule has 0 aliphatic carbocycles. The van der Waals surface area contributed by atoms with E-state index in [4.69, 9.17) is 14.7 Å². The zero-order valence-electron chi connectivity index (χ0n) is 26.8. The molecule has 4 aromatic heterocycles. The standard InChI is InChI=1S/C31H37N13O6/c45-12-11-44-40-27(39-41-44)25-23(47)24(48)29(50-25)43-17-33-22-26(34-21(16-46)13-18-5-2-1-3-6-18)37-30(38-28(22)43)42-10-8-20(15-42)36-31(49)35-19-7-4-9-32-14-19/h1-7,9,14,17,20-21,23-25,29,45-48H,8,10-13,15-16H2,(H,34,37,38)(H2,35,36,49)/t20-,21+,23+,24+,25+,29-/m1/s1. The SMILES string of the molecule is O=C(Nc1cccnc1)N[C@@H]1CCN(c2nc(N[C@H](CO)Cc3ccccc3)c3ncn([C@@H]4O[C@H](c5nnn(CCO)n5)[C@@H](O)[C@@H]4O)c3n2)C1. The molecule has 7 N–H and O–H groups in total. The highest BCUT2D eigenvalue weighted by Gasteiger charge is 2.47. The van der Waals surface area contributed by atoms with Gasteiger partial charge in [-0.05, 0) is 35.8 Å². The number of carbonyl (C=O) groups is 1. The number of hydrogen-bond donors (Lipinski definition) is 7. The number of hydrogen-bond acceptors (Lipinski definition) is 15. The summed E-state index contributed by atoms with van der Waals surface area (Å²) in [5.41, 5.74) is 2.24. The highest BCUT2D eigenvalue weighted by Crippen LogP contribution is 2.39. The van der Waals surface area contributed by atoms with Crippen molar-refractivity contribution in [2.45, 2.75) is 56.0 Å². The lowest BCUT2D eigenvalue weighted by molar-refractivity contribution is -0.0384. The minimum atomic E-state index is -1.42. The van der Waals surface area contributed by atoms with Crippen molar-refractivity contribution in [3.05, 3.63) is 72.6 Å². The van der Waals surface area contributed by atoms with Crippen LogP contribution >= 0.6 is 0 Å². The van der Waals surface area contributed by atoms with Crippen molar-refractivity contribution in [1.29, 1.82) is 0 Å². The van der Waals surface area contributed by atoms with Crippen LogP contribution in [0.1, 0.15) is 30.1 Å². The lowest BCUT2D eigenvalue weighted by Crippen LogP contribution is -2.40. The molecule has 19 heteroatoms.